The standard InChI is InChI=1S/C21H29N/c1-15(2)17-8-6-16(7-9-17)14-20(22)18-10-12-19(13-11-18)21(3,4)5/h6-13,15,20H,14,22H2,1-5H3. The predicted molar refractivity (Wildman–Crippen MR) is 96.3 cm³/mol. The lowest BCUT2D eigenvalue weighted by atomic mass is 9.86. The van der Waals surface area contributed by atoms with Gasteiger partial charge in [0.05, 0.1) is 0 Å². The van der Waals surface area contributed by atoms with Gasteiger partial charge in [0, 0.05) is 6.04 Å². The first-order valence-electron chi connectivity index (χ1n) is 8.22. The molecule has 0 aliphatic heterocycles. The molecule has 1 atom stereocenters. The summed E-state index contributed by atoms with van der Waals surface area (Å²) >= 11 is 0. The van der Waals surface area contributed by atoms with Gasteiger partial charge in [0.1, 0.15) is 0 Å². The lowest BCUT2D eigenvalue weighted by molar-refractivity contribution is 0.589. The largest absolute Gasteiger partial charge is 0.324 e. The molecule has 1 unspecified atom stereocenters. The Kier molecular flexibility index (Phi) is 5.08. The van der Waals surface area contributed by atoms with E-state index in [4.69, 9.17) is 5.73 Å². The lowest BCUT2D eigenvalue weighted by Gasteiger charge is -2.20. The van der Waals surface area contributed by atoms with Gasteiger partial charge in [-0.15, -0.1) is 0 Å². The third kappa shape index (κ3) is 4.20. The highest BCUT2D eigenvalue weighted by Crippen LogP contribution is 2.25. The lowest BCUT2D eigenvalue weighted by Crippen LogP contribution is -2.15. The van der Waals surface area contributed by atoms with E-state index in [2.05, 4.69) is 83.1 Å². The second-order valence-corrected chi connectivity index (χ2v) is 7.58. The van der Waals surface area contributed by atoms with Crippen LogP contribution in [0.15, 0.2) is 48.5 Å². The van der Waals surface area contributed by atoms with Crippen LogP contribution in [0.2, 0.25) is 0 Å². The summed E-state index contributed by atoms with van der Waals surface area (Å²) in [6.07, 6.45) is 0.882. The normalized spacial score (nSPS) is 13.4. The molecule has 0 radical (unpaired) electrons. The average molecular weight is 295 g/mol. The number of benzene rings is 2. The van der Waals surface area contributed by atoms with Crippen molar-refractivity contribution >= 4 is 0 Å². The molecule has 118 valence electrons. The van der Waals surface area contributed by atoms with Gasteiger partial charge >= 0.3 is 0 Å². The van der Waals surface area contributed by atoms with E-state index >= 15 is 0 Å². The zero-order chi connectivity index (χ0) is 16.3. The fourth-order valence-corrected chi connectivity index (χ4v) is 2.64. The summed E-state index contributed by atoms with van der Waals surface area (Å²) in [4.78, 5) is 0. The van der Waals surface area contributed by atoms with Crippen molar-refractivity contribution < 1.29 is 0 Å². The second-order valence-electron chi connectivity index (χ2n) is 7.58. The fraction of sp³-hybridized carbons (Fsp3) is 0.429. The number of hydrogen-bond acceptors (Lipinski definition) is 1. The molecule has 0 amide bonds. The number of nitrogens with two attached hydrogens (primary N) is 1. The molecule has 22 heavy (non-hydrogen) atoms. The van der Waals surface area contributed by atoms with Crippen molar-refractivity contribution in [2.45, 2.75) is 58.4 Å². The van der Waals surface area contributed by atoms with E-state index in [0.717, 1.165) is 6.42 Å². The van der Waals surface area contributed by atoms with E-state index in [9.17, 15) is 0 Å². The molecule has 0 aliphatic rings. The first-order valence-corrected chi connectivity index (χ1v) is 8.22. The van der Waals surface area contributed by atoms with E-state index in [1.807, 2.05) is 0 Å². The molecule has 0 bridgehead atoms. The molecule has 0 saturated heterocycles. The van der Waals surface area contributed by atoms with Gasteiger partial charge < -0.3 is 5.73 Å². The Morgan fingerprint density at radius 3 is 1.77 bits per heavy atom. The summed E-state index contributed by atoms with van der Waals surface area (Å²) in [5.41, 5.74) is 11.8. The number of hydrogen-bond donors (Lipinski definition) is 1. The summed E-state index contributed by atoms with van der Waals surface area (Å²) in [6, 6.07) is 17.7. The first-order chi connectivity index (χ1) is 10.3. The van der Waals surface area contributed by atoms with Crippen molar-refractivity contribution in [2.75, 3.05) is 0 Å². The molecule has 2 rings (SSSR count). The molecule has 0 aliphatic carbocycles. The molecule has 2 aromatic rings. The van der Waals surface area contributed by atoms with Gasteiger partial charge in [-0.25, -0.2) is 0 Å². The van der Waals surface area contributed by atoms with Gasteiger partial charge in [-0.05, 0) is 40.0 Å². The molecule has 0 heterocycles. The smallest absolute Gasteiger partial charge is 0.0335 e. The Morgan fingerprint density at radius 1 is 0.818 bits per heavy atom. The minimum Gasteiger partial charge on any atom is -0.324 e. The van der Waals surface area contributed by atoms with Crippen LogP contribution in [0.5, 0.6) is 0 Å². The minimum atomic E-state index is 0.0546. The van der Waals surface area contributed by atoms with Crippen LogP contribution >= 0.6 is 0 Å². The number of rotatable bonds is 4. The Morgan fingerprint density at radius 2 is 1.32 bits per heavy atom. The van der Waals surface area contributed by atoms with Gasteiger partial charge in [-0.1, -0.05) is 83.1 Å². The maximum Gasteiger partial charge on any atom is 0.0335 e. The molecule has 0 fully saturated rings. The van der Waals surface area contributed by atoms with E-state index in [0.29, 0.717) is 5.92 Å². The van der Waals surface area contributed by atoms with Crippen molar-refractivity contribution in [3.05, 3.63) is 70.8 Å². The monoisotopic (exact) mass is 295 g/mol. The molecule has 0 aromatic heterocycles. The van der Waals surface area contributed by atoms with Crippen molar-refractivity contribution in [2.24, 2.45) is 5.73 Å². The third-order valence-corrected chi connectivity index (χ3v) is 4.31. The highest BCUT2D eigenvalue weighted by Gasteiger charge is 2.14. The Balaban J connectivity index is 2.07. The zero-order valence-electron chi connectivity index (χ0n) is 14.6. The van der Waals surface area contributed by atoms with E-state index in [1.165, 1.54) is 22.3 Å². The molecule has 0 spiro atoms. The highest BCUT2D eigenvalue weighted by atomic mass is 14.6. The van der Waals surface area contributed by atoms with Crippen LogP contribution in [0.4, 0.5) is 0 Å². The quantitative estimate of drug-likeness (QED) is 0.808. The summed E-state index contributed by atoms with van der Waals surface area (Å²) < 4.78 is 0. The first kappa shape index (κ1) is 16.8. The summed E-state index contributed by atoms with van der Waals surface area (Å²) in [7, 11) is 0. The summed E-state index contributed by atoms with van der Waals surface area (Å²) in [5.74, 6) is 0.577. The van der Waals surface area contributed by atoms with Crippen molar-refractivity contribution in [3.63, 3.8) is 0 Å². The summed E-state index contributed by atoms with van der Waals surface area (Å²) in [5, 5.41) is 0. The molecular weight excluding hydrogens is 266 g/mol. The third-order valence-electron chi connectivity index (χ3n) is 4.31. The molecule has 2 aromatic carbocycles. The predicted octanol–water partition coefficient (Wildman–Crippen LogP) is 5.35. The molecule has 1 nitrogen and oxygen atoms in total. The Hall–Kier alpha value is -1.60. The van der Waals surface area contributed by atoms with E-state index in [1.54, 1.807) is 0 Å². The van der Waals surface area contributed by atoms with Crippen LogP contribution in [0, 0.1) is 0 Å². The van der Waals surface area contributed by atoms with E-state index < -0.39 is 0 Å². The maximum absolute atomic E-state index is 6.38. The highest BCUT2D eigenvalue weighted by molar-refractivity contribution is 5.31. The van der Waals surface area contributed by atoms with E-state index in [-0.39, 0.29) is 11.5 Å². The molecule has 2 N–H and O–H groups in total. The van der Waals surface area contributed by atoms with Gasteiger partial charge in [0.25, 0.3) is 0 Å². The van der Waals surface area contributed by atoms with Crippen LogP contribution in [-0.4, -0.2) is 0 Å². The molecular formula is C21H29N. The minimum absolute atomic E-state index is 0.0546. The van der Waals surface area contributed by atoms with Crippen molar-refractivity contribution in [1.29, 1.82) is 0 Å². The fourth-order valence-electron chi connectivity index (χ4n) is 2.64. The van der Waals surface area contributed by atoms with Crippen molar-refractivity contribution in [3.8, 4) is 0 Å². The van der Waals surface area contributed by atoms with Crippen LogP contribution in [0.25, 0.3) is 0 Å². The Labute approximate surface area is 135 Å². The second kappa shape index (κ2) is 6.66. The summed E-state index contributed by atoms with van der Waals surface area (Å²) in [6.45, 7) is 11.1. The molecule has 0 saturated carbocycles. The van der Waals surface area contributed by atoms with Gasteiger partial charge in [-0.2, -0.15) is 0 Å². The van der Waals surface area contributed by atoms with Crippen molar-refractivity contribution in [1.82, 2.24) is 0 Å². The topological polar surface area (TPSA) is 26.0 Å². The zero-order valence-corrected chi connectivity index (χ0v) is 14.6. The van der Waals surface area contributed by atoms with Gasteiger partial charge in [0.15, 0.2) is 0 Å². The van der Waals surface area contributed by atoms with Crippen LogP contribution in [0.3, 0.4) is 0 Å². The van der Waals surface area contributed by atoms with Crippen LogP contribution in [-0.2, 0) is 11.8 Å². The molecule has 1 heteroatoms. The maximum atomic E-state index is 6.38. The van der Waals surface area contributed by atoms with Crippen LogP contribution in [0.1, 0.15) is 68.8 Å². The SMILES string of the molecule is CC(C)c1ccc(CC(N)c2ccc(C(C)(C)C)cc2)cc1. The average Bonchev–Trinajstić information content (AvgIpc) is 2.47. The van der Waals surface area contributed by atoms with Gasteiger partial charge in [0.2, 0.25) is 0 Å². The van der Waals surface area contributed by atoms with Crippen LogP contribution < -0.4 is 5.73 Å². The Bertz CT molecular complexity index is 585. The van der Waals surface area contributed by atoms with Gasteiger partial charge in [-0.3, -0.25) is 0 Å².